The third kappa shape index (κ3) is 12.8. The highest BCUT2D eigenvalue weighted by molar-refractivity contribution is 5.96. The molecule has 0 aliphatic carbocycles. The van der Waals surface area contributed by atoms with Gasteiger partial charge in [0.15, 0.2) is 0 Å². The molecule has 298 valence electrons. The zero-order chi connectivity index (χ0) is 40.1. The number of imidazole rings is 2. The van der Waals surface area contributed by atoms with Crippen LogP contribution in [0.25, 0.3) is 0 Å². The summed E-state index contributed by atoms with van der Waals surface area (Å²) < 4.78 is 0. The summed E-state index contributed by atoms with van der Waals surface area (Å²) in [6, 6.07) is 2.60. The lowest BCUT2D eigenvalue weighted by Gasteiger charge is -2.29. The van der Waals surface area contributed by atoms with Crippen LogP contribution in [0.5, 0.6) is 0 Å². The van der Waals surface area contributed by atoms with Crippen molar-refractivity contribution in [1.29, 1.82) is 0 Å². The first kappa shape index (κ1) is 42.2. The highest BCUT2D eigenvalue weighted by Gasteiger charge is 2.38. The van der Waals surface area contributed by atoms with E-state index in [0.717, 1.165) is 5.56 Å². The number of carbonyl (C=O) groups is 6. The largest absolute Gasteiger partial charge is 0.480 e. The van der Waals surface area contributed by atoms with Crippen LogP contribution in [0.3, 0.4) is 0 Å². The summed E-state index contributed by atoms with van der Waals surface area (Å²) in [5, 5.41) is 20.7. The molecule has 1 saturated heterocycles. The van der Waals surface area contributed by atoms with E-state index in [9.17, 15) is 33.9 Å². The van der Waals surface area contributed by atoms with Gasteiger partial charge in [-0.15, -0.1) is 0 Å². The van der Waals surface area contributed by atoms with Crippen LogP contribution in [0.2, 0.25) is 0 Å². The maximum atomic E-state index is 14.2. The lowest BCUT2D eigenvalue weighted by atomic mass is 9.99. The summed E-state index contributed by atoms with van der Waals surface area (Å²) in [7, 11) is 0. The molecule has 5 amide bonds. The summed E-state index contributed by atoms with van der Waals surface area (Å²) >= 11 is 0. The summed E-state index contributed by atoms with van der Waals surface area (Å²) in [6.45, 7) is 7.73. The number of nitrogens with one attached hydrogen (secondary N) is 6. The fourth-order valence-electron chi connectivity index (χ4n) is 6.60. The molecule has 1 aliphatic rings. The molecule has 17 heteroatoms. The van der Waals surface area contributed by atoms with Gasteiger partial charge < -0.3 is 47.0 Å². The molecule has 55 heavy (non-hydrogen) atoms. The van der Waals surface area contributed by atoms with Crippen LogP contribution in [0.1, 0.15) is 70.3 Å². The molecule has 0 saturated carbocycles. The number of nitrogens with zero attached hydrogens (tertiary/aromatic N) is 3. The molecule has 0 unspecified atom stereocenters. The average molecular weight is 763 g/mol. The number of nitrogens with two attached hydrogens (primary N) is 1. The number of hydrogen-bond donors (Lipinski definition) is 8. The maximum absolute atomic E-state index is 14.2. The van der Waals surface area contributed by atoms with Gasteiger partial charge in [-0.3, -0.25) is 24.0 Å². The lowest BCUT2D eigenvalue weighted by Crippen LogP contribution is -2.60. The Morgan fingerprint density at radius 3 is 1.85 bits per heavy atom. The third-order valence-electron chi connectivity index (χ3n) is 9.34. The summed E-state index contributed by atoms with van der Waals surface area (Å²) in [4.78, 5) is 96.1. The molecule has 1 aromatic carbocycles. The first-order valence-electron chi connectivity index (χ1n) is 18.7. The van der Waals surface area contributed by atoms with Gasteiger partial charge in [0.2, 0.25) is 29.5 Å². The van der Waals surface area contributed by atoms with Gasteiger partial charge in [-0.05, 0) is 43.1 Å². The second kappa shape index (κ2) is 20.2. The Morgan fingerprint density at radius 2 is 1.29 bits per heavy atom. The van der Waals surface area contributed by atoms with Crippen molar-refractivity contribution in [2.24, 2.45) is 17.6 Å². The summed E-state index contributed by atoms with van der Waals surface area (Å²) in [5.41, 5.74) is 8.18. The van der Waals surface area contributed by atoms with Crippen LogP contribution in [0.15, 0.2) is 55.4 Å². The minimum atomic E-state index is -1.23. The molecule has 17 nitrogen and oxygen atoms in total. The number of benzene rings is 1. The molecule has 3 aromatic rings. The van der Waals surface area contributed by atoms with Gasteiger partial charge in [0.25, 0.3) is 0 Å². The minimum Gasteiger partial charge on any atom is -0.480 e. The number of aliphatic carboxylic acids is 1. The highest BCUT2D eigenvalue weighted by atomic mass is 16.4. The Balaban J connectivity index is 1.54. The predicted molar refractivity (Wildman–Crippen MR) is 202 cm³/mol. The zero-order valence-electron chi connectivity index (χ0n) is 31.8. The van der Waals surface area contributed by atoms with E-state index in [2.05, 4.69) is 41.2 Å². The van der Waals surface area contributed by atoms with Crippen molar-refractivity contribution in [1.82, 2.24) is 46.1 Å². The lowest BCUT2D eigenvalue weighted by molar-refractivity contribution is -0.143. The number of carboxylic acids is 1. The van der Waals surface area contributed by atoms with Crippen LogP contribution >= 0.6 is 0 Å². The number of H-pyrrole nitrogens is 2. The van der Waals surface area contributed by atoms with Gasteiger partial charge in [-0.25, -0.2) is 14.8 Å². The first-order valence-corrected chi connectivity index (χ1v) is 18.7. The quantitative estimate of drug-likeness (QED) is 0.0795. The Bertz CT molecular complexity index is 1720. The van der Waals surface area contributed by atoms with E-state index in [1.54, 1.807) is 30.5 Å². The molecular weight excluding hydrogens is 708 g/mol. The first-order chi connectivity index (χ1) is 26.2. The van der Waals surface area contributed by atoms with Gasteiger partial charge in [0.05, 0.1) is 18.7 Å². The molecule has 6 atom stereocenters. The van der Waals surface area contributed by atoms with E-state index in [4.69, 9.17) is 5.73 Å². The van der Waals surface area contributed by atoms with Crippen molar-refractivity contribution in [2.75, 3.05) is 6.54 Å². The fraction of sp³-hybridized carbons (Fsp3) is 0.526. The number of amides is 5. The van der Waals surface area contributed by atoms with E-state index in [-0.39, 0.29) is 43.9 Å². The van der Waals surface area contributed by atoms with Crippen LogP contribution in [-0.2, 0) is 48.0 Å². The molecule has 0 radical (unpaired) electrons. The van der Waals surface area contributed by atoms with Crippen LogP contribution in [-0.4, -0.2) is 108 Å². The van der Waals surface area contributed by atoms with Gasteiger partial charge in [-0.2, -0.15) is 0 Å². The van der Waals surface area contributed by atoms with Crippen LogP contribution in [0, 0.1) is 11.8 Å². The summed E-state index contributed by atoms with van der Waals surface area (Å²) in [6.07, 6.45) is 7.58. The Kier molecular flexibility index (Phi) is 15.5. The molecular formula is C38H54N10O7. The van der Waals surface area contributed by atoms with E-state index in [1.165, 1.54) is 23.8 Å². The van der Waals surface area contributed by atoms with Gasteiger partial charge >= 0.3 is 5.97 Å². The molecule has 0 bridgehead atoms. The topological polar surface area (TPSA) is 257 Å². The molecule has 2 aromatic heterocycles. The number of carbonyl (C=O) groups excluding carboxylic acids is 5. The molecule has 3 heterocycles. The van der Waals surface area contributed by atoms with Crippen molar-refractivity contribution >= 4 is 35.5 Å². The monoisotopic (exact) mass is 762 g/mol. The average Bonchev–Trinajstić information content (AvgIpc) is 3.94. The van der Waals surface area contributed by atoms with E-state index < -0.39 is 71.8 Å². The maximum Gasteiger partial charge on any atom is 0.326 e. The van der Waals surface area contributed by atoms with Crippen molar-refractivity contribution < 1.29 is 33.9 Å². The van der Waals surface area contributed by atoms with Crippen LogP contribution in [0.4, 0.5) is 0 Å². The molecule has 4 rings (SSSR count). The van der Waals surface area contributed by atoms with Gasteiger partial charge in [0.1, 0.15) is 30.2 Å². The van der Waals surface area contributed by atoms with Crippen molar-refractivity contribution in [2.45, 2.75) is 109 Å². The predicted octanol–water partition coefficient (Wildman–Crippen LogP) is 0.595. The number of rotatable bonds is 20. The molecule has 9 N–H and O–H groups in total. The minimum absolute atomic E-state index is 0.0137. The SMILES string of the molecule is CC(C)C[C@H](NC(=O)[C@H](CC(C)C)NC(=O)[C@H](Cc1cnc[nH]1)NC(=O)[C@H](Cc1ccccc1)NC(=O)[C@@H]1CCCN1C(=O)[C@@H](N)Cc1cnc[nH]1)C(=O)O. The number of hydrogen-bond acceptors (Lipinski definition) is 9. The van der Waals surface area contributed by atoms with E-state index in [0.29, 0.717) is 30.8 Å². The van der Waals surface area contributed by atoms with E-state index in [1.807, 2.05) is 33.8 Å². The van der Waals surface area contributed by atoms with Crippen molar-refractivity contribution in [3.8, 4) is 0 Å². The highest BCUT2D eigenvalue weighted by Crippen LogP contribution is 2.20. The number of likely N-dealkylation sites (tertiary alicyclic amines) is 1. The fourth-order valence-corrected chi connectivity index (χ4v) is 6.60. The smallest absolute Gasteiger partial charge is 0.326 e. The Labute approximate surface area is 320 Å². The summed E-state index contributed by atoms with van der Waals surface area (Å²) in [5.74, 6) is -4.21. The number of carboxylic acid groups (broad SMARTS) is 1. The van der Waals surface area contributed by atoms with E-state index >= 15 is 0 Å². The van der Waals surface area contributed by atoms with Crippen molar-refractivity contribution in [3.63, 3.8) is 0 Å². The second-order valence-corrected chi connectivity index (χ2v) is 14.9. The second-order valence-electron chi connectivity index (χ2n) is 14.9. The van der Waals surface area contributed by atoms with Gasteiger partial charge in [0, 0.05) is 49.6 Å². The van der Waals surface area contributed by atoms with Gasteiger partial charge in [-0.1, -0.05) is 58.0 Å². The Hall–Kier alpha value is -5.58. The molecule has 0 spiro atoms. The number of aromatic nitrogens is 4. The third-order valence-corrected chi connectivity index (χ3v) is 9.34. The normalized spacial score (nSPS) is 16.9. The molecule has 1 fully saturated rings. The van der Waals surface area contributed by atoms with Crippen LogP contribution < -0.4 is 27.0 Å². The van der Waals surface area contributed by atoms with Crippen molar-refractivity contribution in [3.05, 3.63) is 72.3 Å². The Morgan fingerprint density at radius 1 is 0.764 bits per heavy atom. The standard InChI is InChI=1S/C38H54N10O7/c1-22(2)13-28(33(49)47-31(38(54)55)14-23(3)4)44-35(51)30(17-26-19-41-21-43-26)45-34(50)29(15-24-9-6-5-7-10-24)46-36(52)32-11-8-12-48(32)37(53)27(39)16-25-18-40-20-42-25/h5-7,9-10,18-23,27-32H,8,11-17,39H2,1-4H3,(H,40,42)(H,41,43)(H,44,51)(H,45,50)(H,46,52)(H,47,49)(H,54,55)/t27-,28-,29-,30-,31-,32-/m0/s1. The number of aromatic amines is 2. The zero-order valence-corrected chi connectivity index (χ0v) is 31.8. The molecule has 1 aliphatic heterocycles.